The molecular weight excluding hydrogens is 316 g/mol. The van der Waals surface area contributed by atoms with E-state index in [1.54, 1.807) is 13.2 Å². The van der Waals surface area contributed by atoms with E-state index in [-0.39, 0.29) is 18.1 Å². The van der Waals surface area contributed by atoms with E-state index >= 15 is 0 Å². The van der Waals surface area contributed by atoms with Crippen LogP contribution < -0.4 is 15.8 Å². The molecule has 0 aromatic heterocycles. The number of carbonyl (C=O) groups is 1. The fourth-order valence-electron chi connectivity index (χ4n) is 3.61. The third-order valence-corrected chi connectivity index (χ3v) is 5.18. The molecule has 0 spiro atoms. The minimum atomic E-state index is -0.583. The number of nitrogens with one attached hydrogen (secondary N) is 1. The Morgan fingerprint density at radius 2 is 2.00 bits per heavy atom. The number of hydrogen-bond donors (Lipinski definition) is 2. The molecule has 2 aliphatic rings. The summed E-state index contributed by atoms with van der Waals surface area (Å²) in [5.41, 5.74) is 7.13. The first-order valence-electron chi connectivity index (χ1n) is 9.51. The summed E-state index contributed by atoms with van der Waals surface area (Å²) in [5, 5.41) is 2.94. The third kappa shape index (κ3) is 5.44. The molecule has 2 saturated carbocycles. The van der Waals surface area contributed by atoms with Gasteiger partial charge in [0, 0.05) is 17.8 Å². The van der Waals surface area contributed by atoms with Gasteiger partial charge in [-0.1, -0.05) is 38.2 Å². The fourth-order valence-corrected chi connectivity index (χ4v) is 3.61. The number of rotatable bonds is 8. The molecule has 3 rings (SSSR count). The largest absolute Gasteiger partial charge is 0.497 e. The van der Waals surface area contributed by atoms with Gasteiger partial charge in [-0.25, -0.2) is 0 Å². The minimum absolute atomic E-state index is 0.150. The highest BCUT2D eigenvalue weighted by molar-refractivity contribution is 5.94. The molecule has 2 atom stereocenters. The van der Waals surface area contributed by atoms with E-state index in [9.17, 15) is 4.79 Å². The van der Waals surface area contributed by atoms with Crippen molar-refractivity contribution in [3.8, 4) is 5.75 Å². The number of anilines is 1. The van der Waals surface area contributed by atoms with E-state index in [0.29, 0.717) is 17.4 Å². The van der Waals surface area contributed by atoms with Gasteiger partial charge in [0.05, 0.1) is 13.2 Å². The average Bonchev–Trinajstić information content (AvgIpc) is 3.44. The average molecular weight is 346 g/mol. The highest BCUT2D eigenvalue weighted by atomic mass is 16.5. The van der Waals surface area contributed by atoms with Crippen LogP contribution in [0.5, 0.6) is 5.75 Å². The maximum Gasteiger partial charge on any atom is 0.255 e. The highest BCUT2D eigenvalue weighted by Crippen LogP contribution is 2.31. The molecule has 2 fully saturated rings. The molecule has 0 bridgehead atoms. The van der Waals surface area contributed by atoms with Gasteiger partial charge >= 0.3 is 0 Å². The Hall–Kier alpha value is -1.59. The second-order valence-electron chi connectivity index (χ2n) is 7.38. The van der Waals surface area contributed by atoms with E-state index in [0.717, 1.165) is 19.3 Å². The lowest BCUT2D eigenvalue weighted by Crippen LogP contribution is -2.46. The second-order valence-corrected chi connectivity index (χ2v) is 7.38. The van der Waals surface area contributed by atoms with Crippen LogP contribution in [-0.4, -0.2) is 31.3 Å². The van der Waals surface area contributed by atoms with Crippen LogP contribution in [0.2, 0.25) is 0 Å². The first-order chi connectivity index (χ1) is 12.2. The minimum Gasteiger partial charge on any atom is -0.497 e. The van der Waals surface area contributed by atoms with Gasteiger partial charge in [-0.3, -0.25) is 4.79 Å². The summed E-state index contributed by atoms with van der Waals surface area (Å²) < 4.78 is 11.2. The van der Waals surface area contributed by atoms with Crippen LogP contribution in [-0.2, 0) is 9.53 Å². The molecule has 5 heteroatoms. The first kappa shape index (κ1) is 18.2. The van der Waals surface area contributed by atoms with Crippen molar-refractivity contribution < 1.29 is 14.3 Å². The number of amides is 1. The van der Waals surface area contributed by atoms with Gasteiger partial charge in [0.15, 0.2) is 6.10 Å². The predicted octanol–water partition coefficient (Wildman–Crippen LogP) is 3.48. The molecule has 25 heavy (non-hydrogen) atoms. The van der Waals surface area contributed by atoms with Crippen molar-refractivity contribution in [2.24, 2.45) is 11.7 Å². The predicted molar refractivity (Wildman–Crippen MR) is 98.7 cm³/mol. The molecule has 5 nitrogen and oxygen atoms in total. The van der Waals surface area contributed by atoms with Crippen molar-refractivity contribution in [3.63, 3.8) is 0 Å². The van der Waals surface area contributed by atoms with E-state index in [2.05, 4.69) is 5.32 Å². The molecule has 1 aromatic carbocycles. The number of nitrogens with two attached hydrogens (primary N) is 1. The second kappa shape index (κ2) is 8.68. The van der Waals surface area contributed by atoms with Crippen molar-refractivity contribution >= 4 is 11.6 Å². The van der Waals surface area contributed by atoms with Gasteiger partial charge in [-0.05, 0) is 37.3 Å². The molecule has 0 radical (unpaired) electrons. The van der Waals surface area contributed by atoms with E-state index in [1.807, 2.05) is 18.2 Å². The lowest BCUT2D eigenvalue weighted by Gasteiger charge is -2.29. The Bertz CT molecular complexity index is 568. The first-order valence-corrected chi connectivity index (χ1v) is 9.51. The number of ether oxygens (including phenoxy) is 2. The van der Waals surface area contributed by atoms with Crippen molar-refractivity contribution in [1.82, 2.24) is 0 Å². The Kier molecular flexibility index (Phi) is 6.32. The maximum absolute atomic E-state index is 12.8. The van der Waals surface area contributed by atoms with Crippen molar-refractivity contribution in [1.29, 1.82) is 0 Å². The van der Waals surface area contributed by atoms with Crippen molar-refractivity contribution in [2.75, 3.05) is 12.4 Å². The standard InChI is InChI=1S/C20H30N2O3/c1-24-17-9-5-8-15(13-17)22-20(23)19(25-16-10-11-16)18(21)12-14-6-3-2-4-7-14/h5,8-9,13-14,16,18-19H,2-4,6-7,10-12,21H2,1H3,(H,22,23). The van der Waals surface area contributed by atoms with Crippen LogP contribution in [0, 0.1) is 5.92 Å². The fraction of sp³-hybridized carbons (Fsp3) is 0.650. The Morgan fingerprint density at radius 1 is 1.24 bits per heavy atom. The van der Waals surface area contributed by atoms with Crippen LogP contribution in [0.1, 0.15) is 51.4 Å². The smallest absolute Gasteiger partial charge is 0.255 e. The zero-order valence-corrected chi connectivity index (χ0v) is 15.1. The molecule has 0 saturated heterocycles. The molecule has 2 aliphatic carbocycles. The Labute approximate surface area is 150 Å². The SMILES string of the molecule is COc1cccc(NC(=O)C(OC2CC2)C(N)CC2CCCCC2)c1. The normalized spacial score (nSPS) is 20.7. The third-order valence-electron chi connectivity index (χ3n) is 5.18. The van der Waals surface area contributed by atoms with Crippen LogP contribution in [0.4, 0.5) is 5.69 Å². The number of benzene rings is 1. The Balaban J connectivity index is 1.62. The van der Waals surface area contributed by atoms with Gasteiger partial charge in [-0.15, -0.1) is 0 Å². The summed E-state index contributed by atoms with van der Waals surface area (Å²) in [6.07, 6.45) is 8.86. The van der Waals surface area contributed by atoms with Gasteiger partial charge in [0.1, 0.15) is 5.75 Å². The van der Waals surface area contributed by atoms with Crippen LogP contribution in [0.15, 0.2) is 24.3 Å². The number of hydrogen-bond acceptors (Lipinski definition) is 4. The lowest BCUT2D eigenvalue weighted by molar-refractivity contribution is -0.130. The number of methoxy groups -OCH3 is 1. The molecule has 0 aliphatic heterocycles. The lowest BCUT2D eigenvalue weighted by atomic mass is 9.84. The summed E-state index contributed by atoms with van der Waals surface area (Å²) in [4.78, 5) is 12.8. The van der Waals surface area contributed by atoms with E-state index in [1.165, 1.54) is 32.1 Å². The van der Waals surface area contributed by atoms with Gasteiger partial charge in [0.25, 0.3) is 5.91 Å². The van der Waals surface area contributed by atoms with E-state index in [4.69, 9.17) is 15.2 Å². The van der Waals surface area contributed by atoms with Crippen molar-refractivity contribution in [2.45, 2.75) is 69.6 Å². The van der Waals surface area contributed by atoms with Gasteiger partial charge in [-0.2, -0.15) is 0 Å². The highest BCUT2D eigenvalue weighted by Gasteiger charge is 2.35. The van der Waals surface area contributed by atoms with Crippen LogP contribution >= 0.6 is 0 Å². The summed E-state index contributed by atoms with van der Waals surface area (Å²) in [5.74, 6) is 1.19. The zero-order valence-electron chi connectivity index (χ0n) is 15.1. The summed E-state index contributed by atoms with van der Waals surface area (Å²) in [7, 11) is 1.61. The Morgan fingerprint density at radius 3 is 2.68 bits per heavy atom. The monoisotopic (exact) mass is 346 g/mol. The summed E-state index contributed by atoms with van der Waals surface area (Å²) in [6.45, 7) is 0. The maximum atomic E-state index is 12.8. The molecular formula is C20H30N2O3. The molecule has 2 unspecified atom stereocenters. The molecule has 1 aromatic rings. The number of carbonyl (C=O) groups excluding carboxylic acids is 1. The molecule has 138 valence electrons. The molecule has 1 amide bonds. The topological polar surface area (TPSA) is 73.6 Å². The summed E-state index contributed by atoms with van der Waals surface area (Å²) in [6, 6.07) is 7.10. The van der Waals surface area contributed by atoms with E-state index < -0.39 is 6.10 Å². The van der Waals surface area contributed by atoms with Crippen LogP contribution in [0.3, 0.4) is 0 Å². The zero-order chi connectivity index (χ0) is 17.6. The van der Waals surface area contributed by atoms with Gasteiger partial charge in [0.2, 0.25) is 0 Å². The van der Waals surface area contributed by atoms with Crippen molar-refractivity contribution in [3.05, 3.63) is 24.3 Å². The van der Waals surface area contributed by atoms with Gasteiger partial charge < -0.3 is 20.5 Å². The molecule has 3 N–H and O–H groups in total. The molecule has 0 heterocycles. The van der Waals surface area contributed by atoms with Crippen LogP contribution in [0.25, 0.3) is 0 Å². The quantitative estimate of drug-likeness (QED) is 0.756. The summed E-state index contributed by atoms with van der Waals surface area (Å²) >= 11 is 0.